The van der Waals surface area contributed by atoms with E-state index in [1.165, 1.54) is 0 Å². The minimum Gasteiger partial charge on any atom is -0.444 e. The molecule has 0 radical (unpaired) electrons. The van der Waals surface area contributed by atoms with Gasteiger partial charge in [-0.3, -0.25) is 4.79 Å². The van der Waals surface area contributed by atoms with Crippen molar-refractivity contribution in [3.05, 3.63) is 35.7 Å². The van der Waals surface area contributed by atoms with Crippen LogP contribution >= 0.6 is 0 Å². The predicted molar refractivity (Wildman–Crippen MR) is 68.6 cm³/mol. The van der Waals surface area contributed by atoms with Crippen LogP contribution in [-0.4, -0.2) is 28.1 Å². The molecule has 0 aromatic carbocycles. The van der Waals surface area contributed by atoms with Crippen molar-refractivity contribution in [1.82, 2.24) is 20.5 Å². The molecule has 0 saturated heterocycles. The molecule has 2 aromatic heterocycles. The SMILES string of the molecule is CCc1cnc(CNC(=O)c2ccc(NC)nn2)o1. The zero-order valence-electron chi connectivity index (χ0n) is 10.8. The van der Waals surface area contributed by atoms with Crippen LogP contribution in [0.5, 0.6) is 0 Å². The molecule has 1 amide bonds. The summed E-state index contributed by atoms with van der Waals surface area (Å²) in [6, 6.07) is 3.28. The van der Waals surface area contributed by atoms with Gasteiger partial charge in [-0.25, -0.2) is 4.98 Å². The van der Waals surface area contributed by atoms with Crippen LogP contribution in [0.15, 0.2) is 22.7 Å². The highest BCUT2D eigenvalue weighted by atomic mass is 16.4. The van der Waals surface area contributed by atoms with Crippen LogP contribution in [0.3, 0.4) is 0 Å². The summed E-state index contributed by atoms with van der Waals surface area (Å²) in [5, 5.41) is 13.1. The van der Waals surface area contributed by atoms with E-state index in [2.05, 4.69) is 25.8 Å². The fourth-order valence-corrected chi connectivity index (χ4v) is 1.43. The van der Waals surface area contributed by atoms with Gasteiger partial charge in [-0.05, 0) is 12.1 Å². The zero-order valence-corrected chi connectivity index (χ0v) is 10.8. The molecule has 0 bridgehead atoms. The predicted octanol–water partition coefficient (Wildman–Crippen LogP) is 0.999. The van der Waals surface area contributed by atoms with Crippen molar-refractivity contribution in [2.24, 2.45) is 0 Å². The van der Waals surface area contributed by atoms with Crippen LogP contribution in [0, 0.1) is 0 Å². The van der Waals surface area contributed by atoms with Gasteiger partial charge < -0.3 is 15.1 Å². The highest BCUT2D eigenvalue weighted by Crippen LogP contribution is 2.04. The summed E-state index contributed by atoms with van der Waals surface area (Å²) in [4.78, 5) is 15.8. The number of aryl methyl sites for hydroxylation is 1. The Morgan fingerprint density at radius 3 is 2.79 bits per heavy atom. The van der Waals surface area contributed by atoms with Crippen molar-refractivity contribution < 1.29 is 9.21 Å². The molecule has 0 saturated carbocycles. The number of rotatable bonds is 5. The van der Waals surface area contributed by atoms with Crippen LogP contribution in [0.4, 0.5) is 5.82 Å². The molecule has 2 rings (SSSR count). The van der Waals surface area contributed by atoms with Gasteiger partial charge in [-0.15, -0.1) is 10.2 Å². The third-order valence-corrected chi connectivity index (χ3v) is 2.50. The molecule has 0 atom stereocenters. The van der Waals surface area contributed by atoms with E-state index in [1.54, 1.807) is 25.4 Å². The van der Waals surface area contributed by atoms with Gasteiger partial charge in [0.1, 0.15) is 11.6 Å². The number of amides is 1. The van der Waals surface area contributed by atoms with E-state index < -0.39 is 0 Å². The fourth-order valence-electron chi connectivity index (χ4n) is 1.43. The molecule has 19 heavy (non-hydrogen) atoms. The Bertz CT molecular complexity index is 550. The number of oxazole rings is 1. The van der Waals surface area contributed by atoms with E-state index in [-0.39, 0.29) is 18.1 Å². The third-order valence-electron chi connectivity index (χ3n) is 2.50. The van der Waals surface area contributed by atoms with Gasteiger partial charge in [0.25, 0.3) is 5.91 Å². The highest BCUT2D eigenvalue weighted by Gasteiger charge is 2.09. The maximum absolute atomic E-state index is 11.8. The van der Waals surface area contributed by atoms with E-state index in [1.807, 2.05) is 6.92 Å². The number of carbonyl (C=O) groups excluding carboxylic acids is 1. The smallest absolute Gasteiger partial charge is 0.272 e. The van der Waals surface area contributed by atoms with Crippen LogP contribution in [0.1, 0.15) is 29.1 Å². The Morgan fingerprint density at radius 2 is 2.21 bits per heavy atom. The topological polar surface area (TPSA) is 92.9 Å². The van der Waals surface area contributed by atoms with Crippen LogP contribution in [0.2, 0.25) is 0 Å². The average molecular weight is 261 g/mol. The average Bonchev–Trinajstić information content (AvgIpc) is 2.93. The molecule has 2 aromatic rings. The number of anilines is 1. The second-order valence-corrected chi connectivity index (χ2v) is 3.81. The first-order valence-electron chi connectivity index (χ1n) is 5.96. The van der Waals surface area contributed by atoms with E-state index in [0.717, 1.165) is 12.2 Å². The molecule has 7 heteroatoms. The van der Waals surface area contributed by atoms with E-state index in [9.17, 15) is 4.79 Å². The number of aromatic nitrogens is 3. The van der Waals surface area contributed by atoms with Gasteiger partial charge in [0.05, 0.1) is 12.7 Å². The molecule has 0 aliphatic heterocycles. The number of nitrogens with zero attached hydrogens (tertiary/aromatic N) is 3. The minimum absolute atomic E-state index is 0.230. The first-order valence-corrected chi connectivity index (χ1v) is 5.96. The van der Waals surface area contributed by atoms with Crippen molar-refractivity contribution in [2.75, 3.05) is 12.4 Å². The van der Waals surface area contributed by atoms with Gasteiger partial charge in [0, 0.05) is 13.5 Å². The molecule has 0 aliphatic rings. The largest absolute Gasteiger partial charge is 0.444 e. The Kier molecular flexibility index (Phi) is 4.07. The highest BCUT2D eigenvalue weighted by molar-refractivity contribution is 5.92. The maximum atomic E-state index is 11.8. The molecule has 0 spiro atoms. The number of hydrogen-bond donors (Lipinski definition) is 2. The lowest BCUT2D eigenvalue weighted by Gasteiger charge is -2.02. The minimum atomic E-state index is -0.314. The monoisotopic (exact) mass is 261 g/mol. The van der Waals surface area contributed by atoms with Gasteiger partial charge in [0.2, 0.25) is 5.89 Å². The number of carbonyl (C=O) groups is 1. The maximum Gasteiger partial charge on any atom is 0.272 e. The van der Waals surface area contributed by atoms with E-state index in [4.69, 9.17) is 4.42 Å². The lowest BCUT2D eigenvalue weighted by atomic mass is 10.3. The normalized spacial score (nSPS) is 10.2. The van der Waals surface area contributed by atoms with Crippen molar-refractivity contribution in [3.8, 4) is 0 Å². The molecule has 2 N–H and O–H groups in total. The summed E-state index contributed by atoms with van der Waals surface area (Å²) in [6.45, 7) is 2.20. The Balaban J connectivity index is 1.93. The Morgan fingerprint density at radius 1 is 1.37 bits per heavy atom. The van der Waals surface area contributed by atoms with Gasteiger partial charge in [0.15, 0.2) is 5.69 Å². The number of hydrogen-bond acceptors (Lipinski definition) is 6. The molecule has 0 unspecified atom stereocenters. The summed E-state index contributed by atoms with van der Waals surface area (Å²) in [5.74, 6) is 1.57. The fraction of sp³-hybridized carbons (Fsp3) is 0.333. The quantitative estimate of drug-likeness (QED) is 0.834. The van der Waals surface area contributed by atoms with Crippen LogP contribution in [0.25, 0.3) is 0 Å². The summed E-state index contributed by atoms with van der Waals surface area (Å²) in [5.41, 5.74) is 0.251. The standard InChI is InChI=1S/C12H15N5O2/c1-3-8-6-14-11(19-8)7-15-12(18)9-4-5-10(13-2)17-16-9/h4-6H,3,7H2,1-2H3,(H,13,17)(H,15,18). The van der Waals surface area contributed by atoms with Gasteiger partial charge in [-0.2, -0.15) is 0 Å². The lowest BCUT2D eigenvalue weighted by molar-refractivity contribution is 0.0941. The van der Waals surface area contributed by atoms with E-state index >= 15 is 0 Å². The van der Waals surface area contributed by atoms with Crippen molar-refractivity contribution in [2.45, 2.75) is 19.9 Å². The molecule has 0 fully saturated rings. The molecule has 0 aliphatic carbocycles. The van der Waals surface area contributed by atoms with Crippen LogP contribution < -0.4 is 10.6 Å². The molecule has 100 valence electrons. The van der Waals surface area contributed by atoms with Crippen molar-refractivity contribution in [3.63, 3.8) is 0 Å². The summed E-state index contributed by atoms with van der Waals surface area (Å²) in [7, 11) is 1.73. The summed E-state index contributed by atoms with van der Waals surface area (Å²) in [6.07, 6.45) is 2.43. The van der Waals surface area contributed by atoms with E-state index in [0.29, 0.717) is 11.7 Å². The second-order valence-electron chi connectivity index (χ2n) is 3.81. The Labute approximate surface area is 110 Å². The molecular weight excluding hydrogens is 246 g/mol. The molecule has 7 nitrogen and oxygen atoms in total. The Hall–Kier alpha value is -2.44. The van der Waals surface area contributed by atoms with Crippen LogP contribution in [-0.2, 0) is 13.0 Å². The first kappa shape index (κ1) is 13.0. The summed E-state index contributed by atoms with van der Waals surface area (Å²) < 4.78 is 5.38. The first-order chi connectivity index (χ1) is 9.22. The molecular formula is C12H15N5O2. The van der Waals surface area contributed by atoms with Gasteiger partial charge >= 0.3 is 0 Å². The second kappa shape index (κ2) is 5.94. The van der Waals surface area contributed by atoms with Crippen molar-refractivity contribution >= 4 is 11.7 Å². The summed E-state index contributed by atoms with van der Waals surface area (Å²) >= 11 is 0. The lowest BCUT2D eigenvalue weighted by Crippen LogP contribution is -2.24. The number of nitrogens with one attached hydrogen (secondary N) is 2. The third kappa shape index (κ3) is 3.27. The zero-order chi connectivity index (χ0) is 13.7. The van der Waals surface area contributed by atoms with Gasteiger partial charge in [-0.1, -0.05) is 6.92 Å². The molecule has 2 heterocycles. The van der Waals surface area contributed by atoms with Crippen molar-refractivity contribution in [1.29, 1.82) is 0 Å².